The van der Waals surface area contributed by atoms with Crippen molar-refractivity contribution in [2.75, 3.05) is 0 Å². The third kappa shape index (κ3) is 2.05. The summed E-state index contributed by atoms with van der Waals surface area (Å²) in [6, 6.07) is 9.52. The van der Waals surface area contributed by atoms with Crippen LogP contribution in [-0.4, -0.2) is 9.67 Å². The Bertz CT molecular complexity index is 579. The Morgan fingerprint density at radius 2 is 2.00 bits per heavy atom. The van der Waals surface area contributed by atoms with Crippen molar-refractivity contribution >= 4 is 11.6 Å². The van der Waals surface area contributed by atoms with E-state index in [1.807, 2.05) is 30.5 Å². The highest BCUT2D eigenvalue weighted by atomic mass is 35.5. The Kier molecular flexibility index (Phi) is 3.19. The molecule has 0 saturated carbocycles. The topological polar surface area (TPSA) is 49.0 Å². The number of nitriles is 1. The number of benzene rings is 1. The molecule has 1 aromatic heterocycles. The molecule has 0 fully saturated rings. The van der Waals surface area contributed by atoms with Crippen LogP contribution in [0.15, 0.2) is 30.5 Å². The first-order valence-electron chi connectivity index (χ1n) is 5.12. The Morgan fingerprint density at radius 1 is 1.35 bits per heavy atom. The van der Waals surface area contributed by atoms with Gasteiger partial charge in [0.25, 0.3) is 0 Å². The summed E-state index contributed by atoms with van der Waals surface area (Å²) >= 11 is 6.02. The number of halogens is 1. The molecule has 2 rings (SSSR count). The molecule has 0 amide bonds. The Hall–Kier alpha value is -1.76. The van der Waals surface area contributed by atoms with Crippen LogP contribution >= 0.6 is 11.6 Å². The van der Waals surface area contributed by atoms with Gasteiger partial charge in [-0.25, -0.2) is 0 Å². The van der Waals surface area contributed by atoms with Gasteiger partial charge in [0.15, 0.2) is 0 Å². The van der Waals surface area contributed by atoms with Crippen LogP contribution in [0.1, 0.15) is 11.1 Å². The van der Waals surface area contributed by atoms with Gasteiger partial charge in [-0.1, -0.05) is 35.9 Å². The van der Waals surface area contributed by atoms with Gasteiger partial charge in [-0.05, 0) is 11.1 Å². The summed E-state index contributed by atoms with van der Waals surface area (Å²) in [6.45, 7) is 0.0148. The first kappa shape index (κ1) is 11.7. The number of aryl methyl sites for hydroxylation is 1. The minimum absolute atomic E-state index is 0.0148. The molecule has 2 aromatic rings. The molecule has 3 nitrogen and oxygen atoms in total. The number of hydrogen-bond donors (Lipinski definition) is 1. The fourth-order valence-corrected chi connectivity index (χ4v) is 1.91. The number of aliphatic hydroxyl groups excluding tert-OH is 1. The van der Waals surface area contributed by atoms with Crippen molar-refractivity contribution in [2.24, 2.45) is 7.05 Å². The minimum Gasteiger partial charge on any atom is -0.392 e. The third-order valence-electron chi connectivity index (χ3n) is 2.67. The van der Waals surface area contributed by atoms with Crippen LogP contribution < -0.4 is 0 Å². The van der Waals surface area contributed by atoms with E-state index in [1.54, 1.807) is 11.6 Å². The van der Waals surface area contributed by atoms with Crippen LogP contribution in [-0.2, 0) is 13.7 Å². The predicted octanol–water partition coefficient (Wildman–Crippen LogP) is 2.71. The van der Waals surface area contributed by atoms with Gasteiger partial charge in [-0.3, -0.25) is 0 Å². The number of rotatable bonds is 2. The smallest absolute Gasteiger partial charge is 0.127 e. The molecular formula is C13H11ClN2O. The molecule has 0 aliphatic rings. The van der Waals surface area contributed by atoms with Gasteiger partial charge in [-0.2, -0.15) is 5.26 Å². The van der Waals surface area contributed by atoms with Crippen molar-refractivity contribution in [1.82, 2.24) is 4.57 Å². The molecule has 1 N–H and O–H groups in total. The molecule has 1 heterocycles. The molecule has 0 unspecified atom stereocenters. The molecule has 0 aliphatic carbocycles. The largest absolute Gasteiger partial charge is 0.392 e. The average molecular weight is 247 g/mol. The Balaban J connectivity index is 2.53. The molecule has 0 bridgehead atoms. The maximum Gasteiger partial charge on any atom is 0.127 e. The lowest BCUT2D eigenvalue weighted by molar-refractivity contribution is 0.282. The van der Waals surface area contributed by atoms with E-state index in [4.69, 9.17) is 22.0 Å². The maximum absolute atomic E-state index is 9.09. The van der Waals surface area contributed by atoms with Crippen molar-refractivity contribution in [3.63, 3.8) is 0 Å². The highest BCUT2D eigenvalue weighted by molar-refractivity contribution is 6.31. The zero-order chi connectivity index (χ0) is 12.4. The summed E-state index contributed by atoms with van der Waals surface area (Å²) in [4.78, 5) is 0. The zero-order valence-electron chi connectivity index (χ0n) is 9.31. The van der Waals surface area contributed by atoms with Crippen molar-refractivity contribution in [1.29, 1.82) is 5.26 Å². The second kappa shape index (κ2) is 4.62. The van der Waals surface area contributed by atoms with Crippen LogP contribution in [0.3, 0.4) is 0 Å². The summed E-state index contributed by atoms with van der Waals surface area (Å²) in [7, 11) is 1.80. The third-order valence-corrected chi connectivity index (χ3v) is 3.12. The van der Waals surface area contributed by atoms with Gasteiger partial charge in [0.05, 0.1) is 12.2 Å². The molecule has 0 saturated heterocycles. The van der Waals surface area contributed by atoms with Crippen LogP contribution in [0, 0.1) is 11.3 Å². The molecule has 0 radical (unpaired) electrons. The van der Waals surface area contributed by atoms with E-state index in [-0.39, 0.29) is 6.61 Å². The lowest BCUT2D eigenvalue weighted by Crippen LogP contribution is -1.83. The first-order valence-corrected chi connectivity index (χ1v) is 5.50. The molecule has 86 valence electrons. The fourth-order valence-electron chi connectivity index (χ4n) is 1.72. The standard InChI is InChI=1S/C13H11ClN2O/c1-16-7-12(11(6-15)13(16)14)10-4-2-9(8-17)3-5-10/h2-5,7,17H,8H2,1H3. The second-order valence-electron chi connectivity index (χ2n) is 3.79. The molecule has 0 atom stereocenters. The normalized spacial score (nSPS) is 10.2. The lowest BCUT2D eigenvalue weighted by atomic mass is 10.0. The summed E-state index contributed by atoms with van der Waals surface area (Å²) < 4.78 is 1.72. The van der Waals surface area contributed by atoms with Gasteiger partial charge in [0.2, 0.25) is 0 Å². The first-order chi connectivity index (χ1) is 8.17. The average Bonchev–Trinajstić information content (AvgIpc) is 2.65. The van der Waals surface area contributed by atoms with E-state index in [1.165, 1.54) is 0 Å². The molecule has 0 aliphatic heterocycles. The van der Waals surface area contributed by atoms with Gasteiger partial charge in [-0.15, -0.1) is 0 Å². The van der Waals surface area contributed by atoms with Crippen molar-refractivity contribution in [3.8, 4) is 17.2 Å². The van der Waals surface area contributed by atoms with Gasteiger partial charge >= 0.3 is 0 Å². The quantitative estimate of drug-likeness (QED) is 0.886. The van der Waals surface area contributed by atoms with Gasteiger partial charge < -0.3 is 9.67 Å². The van der Waals surface area contributed by atoms with Crippen LogP contribution in [0.4, 0.5) is 0 Å². The Morgan fingerprint density at radius 3 is 2.53 bits per heavy atom. The highest BCUT2D eigenvalue weighted by Crippen LogP contribution is 2.30. The van der Waals surface area contributed by atoms with Crippen LogP contribution in [0.25, 0.3) is 11.1 Å². The van der Waals surface area contributed by atoms with Crippen LogP contribution in [0.2, 0.25) is 5.15 Å². The van der Waals surface area contributed by atoms with E-state index in [0.717, 1.165) is 16.7 Å². The second-order valence-corrected chi connectivity index (χ2v) is 4.14. The number of aromatic nitrogens is 1. The number of aliphatic hydroxyl groups is 1. The van der Waals surface area contributed by atoms with E-state index in [9.17, 15) is 0 Å². The summed E-state index contributed by atoms with van der Waals surface area (Å²) in [5.74, 6) is 0. The van der Waals surface area contributed by atoms with Gasteiger partial charge in [0, 0.05) is 18.8 Å². The monoisotopic (exact) mass is 246 g/mol. The Labute approximate surface area is 104 Å². The summed E-state index contributed by atoms with van der Waals surface area (Å²) in [5, 5.41) is 18.5. The van der Waals surface area contributed by atoms with E-state index < -0.39 is 0 Å². The number of nitrogens with zero attached hydrogens (tertiary/aromatic N) is 2. The number of hydrogen-bond acceptors (Lipinski definition) is 2. The molecule has 4 heteroatoms. The van der Waals surface area contributed by atoms with Crippen molar-refractivity contribution in [2.45, 2.75) is 6.61 Å². The van der Waals surface area contributed by atoms with E-state index in [0.29, 0.717) is 10.7 Å². The lowest BCUT2D eigenvalue weighted by Gasteiger charge is -2.00. The van der Waals surface area contributed by atoms with E-state index in [2.05, 4.69) is 6.07 Å². The fraction of sp³-hybridized carbons (Fsp3) is 0.154. The van der Waals surface area contributed by atoms with Crippen molar-refractivity contribution in [3.05, 3.63) is 46.7 Å². The molecule has 17 heavy (non-hydrogen) atoms. The van der Waals surface area contributed by atoms with E-state index >= 15 is 0 Å². The molecule has 0 spiro atoms. The maximum atomic E-state index is 9.09. The van der Waals surface area contributed by atoms with Crippen molar-refractivity contribution < 1.29 is 5.11 Å². The summed E-state index contributed by atoms with van der Waals surface area (Å²) in [6.07, 6.45) is 1.83. The highest BCUT2D eigenvalue weighted by Gasteiger charge is 2.13. The zero-order valence-corrected chi connectivity index (χ0v) is 10.1. The SMILES string of the molecule is Cn1cc(-c2ccc(CO)cc2)c(C#N)c1Cl. The summed E-state index contributed by atoms with van der Waals surface area (Å²) in [5.41, 5.74) is 3.05. The molecule has 1 aromatic carbocycles. The van der Waals surface area contributed by atoms with Gasteiger partial charge in [0.1, 0.15) is 11.2 Å². The predicted molar refractivity (Wildman–Crippen MR) is 66.5 cm³/mol. The molecular weight excluding hydrogens is 236 g/mol. The minimum atomic E-state index is 0.0148. The van der Waals surface area contributed by atoms with Crippen LogP contribution in [0.5, 0.6) is 0 Å².